The van der Waals surface area contributed by atoms with E-state index in [-0.39, 0.29) is 11.9 Å². The van der Waals surface area contributed by atoms with Crippen LogP contribution in [0.4, 0.5) is 23.3 Å². The molecule has 1 unspecified atom stereocenters. The van der Waals surface area contributed by atoms with E-state index >= 15 is 0 Å². The highest BCUT2D eigenvalue weighted by atomic mass is 16.5. The number of fused-ring (bicyclic) bond motifs is 1. The fourth-order valence-corrected chi connectivity index (χ4v) is 4.51. The molecule has 0 spiro atoms. The standard InChI is InChI=1S/C23H28N8O2/c1-14(2)18-12-20(29-28-18)26-21-16-7-3-8-17(16)25-23(27-21)31-11-5-9-19(31)22(32)24-15-6-4-10-30(33)13-15/h4,6,10,12-14,19H,3,5,7-9,11H2,1-2H3,(H3-,24,25,26,27,28,29,32,33)/p+1. The number of aryl methyl sites for hydroxylation is 1. The number of hydrogen-bond donors (Lipinski definition) is 4. The number of aromatic amines is 1. The van der Waals surface area contributed by atoms with E-state index in [4.69, 9.17) is 9.97 Å². The third kappa shape index (κ3) is 4.33. The van der Waals surface area contributed by atoms with Crippen LogP contribution in [0.3, 0.4) is 0 Å². The molecule has 1 amide bonds. The van der Waals surface area contributed by atoms with E-state index in [2.05, 4.69) is 34.7 Å². The predicted molar refractivity (Wildman–Crippen MR) is 123 cm³/mol. The van der Waals surface area contributed by atoms with E-state index < -0.39 is 0 Å². The minimum atomic E-state index is -0.373. The lowest BCUT2D eigenvalue weighted by Gasteiger charge is -2.25. The molecule has 1 aliphatic heterocycles. The summed E-state index contributed by atoms with van der Waals surface area (Å²) < 4.78 is 0.920. The maximum atomic E-state index is 13.1. The number of rotatable bonds is 6. The van der Waals surface area contributed by atoms with Gasteiger partial charge in [-0.05, 0) is 44.1 Å². The molecule has 4 N–H and O–H groups in total. The lowest BCUT2D eigenvalue weighted by Crippen LogP contribution is -2.41. The van der Waals surface area contributed by atoms with E-state index in [1.54, 1.807) is 12.1 Å². The number of H-pyrrole nitrogens is 1. The van der Waals surface area contributed by atoms with E-state index in [1.165, 1.54) is 12.4 Å². The Kier molecular flexibility index (Phi) is 5.57. The molecular weight excluding hydrogens is 420 g/mol. The first-order valence-electron chi connectivity index (χ1n) is 11.5. The van der Waals surface area contributed by atoms with Gasteiger partial charge in [-0.25, -0.2) is 4.98 Å². The second-order valence-electron chi connectivity index (χ2n) is 8.95. The fourth-order valence-electron chi connectivity index (χ4n) is 4.51. The first-order chi connectivity index (χ1) is 16.0. The van der Waals surface area contributed by atoms with Gasteiger partial charge in [-0.15, -0.1) is 0 Å². The van der Waals surface area contributed by atoms with Gasteiger partial charge in [-0.3, -0.25) is 15.1 Å². The summed E-state index contributed by atoms with van der Waals surface area (Å²) in [6.07, 6.45) is 7.43. The van der Waals surface area contributed by atoms with Crippen molar-refractivity contribution < 1.29 is 14.7 Å². The molecule has 172 valence electrons. The summed E-state index contributed by atoms with van der Waals surface area (Å²) in [6, 6.07) is 5.05. The number of pyridine rings is 1. The summed E-state index contributed by atoms with van der Waals surface area (Å²) in [5.41, 5.74) is 3.76. The average Bonchev–Trinajstić information content (AvgIpc) is 3.53. The van der Waals surface area contributed by atoms with Crippen LogP contribution in [0.25, 0.3) is 0 Å². The topological polar surface area (TPSA) is 123 Å². The van der Waals surface area contributed by atoms with Crippen molar-refractivity contribution in [1.82, 2.24) is 20.2 Å². The first-order valence-corrected chi connectivity index (χ1v) is 11.5. The average molecular weight is 450 g/mol. The van der Waals surface area contributed by atoms with Gasteiger partial charge in [0.25, 0.3) is 0 Å². The Hall–Kier alpha value is -3.69. The Morgan fingerprint density at radius 3 is 2.97 bits per heavy atom. The van der Waals surface area contributed by atoms with Crippen molar-refractivity contribution in [3.8, 4) is 0 Å². The van der Waals surface area contributed by atoms with Crippen molar-refractivity contribution >= 4 is 29.2 Å². The van der Waals surface area contributed by atoms with E-state index in [9.17, 15) is 10.0 Å². The molecule has 3 aromatic rings. The van der Waals surface area contributed by atoms with Crippen molar-refractivity contribution in [2.24, 2.45) is 0 Å². The van der Waals surface area contributed by atoms with Gasteiger partial charge in [0.05, 0.1) is 5.69 Å². The summed E-state index contributed by atoms with van der Waals surface area (Å²) in [5.74, 6) is 2.29. The number of hydrogen-bond acceptors (Lipinski definition) is 7. The Labute approximate surface area is 192 Å². The van der Waals surface area contributed by atoms with Crippen molar-refractivity contribution in [2.45, 2.75) is 57.9 Å². The second-order valence-corrected chi connectivity index (χ2v) is 8.95. The molecule has 33 heavy (non-hydrogen) atoms. The van der Waals surface area contributed by atoms with E-state index in [0.717, 1.165) is 65.4 Å². The van der Waals surface area contributed by atoms with E-state index in [1.807, 2.05) is 11.0 Å². The maximum Gasteiger partial charge on any atom is 0.247 e. The van der Waals surface area contributed by atoms with Crippen LogP contribution in [0.1, 0.15) is 56.0 Å². The van der Waals surface area contributed by atoms with E-state index in [0.29, 0.717) is 24.1 Å². The third-order valence-corrected chi connectivity index (χ3v) is 6.25. The zero-order valence-corrected chi connectivity index (χ0v) is 18.9. The highest BCUT2D eigenvalue weighted by Gasteiger charge is 2.34. The van der Waals surface area contributed by atoms with Gasteiger partial charge in [0.2, 0.25) is 24.2 Å². The second kappa shape index (κ2) is 8.68. The number of nitrogens with one attached hydrogen (secondary N) is 3. The quantitative estimate of drug-likeness (QED) is 0.337. The fraction of sp³-hybridized carbons (Fsp3) is 0.435. The molecule has 10 heteroatoms. The van der Waals surface area contributed by atoms with Crippen molar-refractivity contribution in [1.29, 1.82) is 0 Å². The summed E-state index contributed by atoms with van der Waals surface area (Å²) >= 11 is 0. The molecule has 0 bridgehead atoms. The first kappa shape index (κ1) is 21.2. The zero-order chi connectivity index (χ0) is 22.9. The van der Waals surface area contributed by atoms with Gasteiger partial charge in [0, 0.05) is 34.7 Å². The summed E-state index contributed by atoms with van der Waals surface area (Å²) in [6.45, 7) is 4.95. The molecule has 0 saturated carbocycles. The Morgan fingerprint density at radius 1 is 1.30 bits per heavy atom. The monoisotopic (exact) mass is 449 g/mol. The van der Waals surface area contributed by atoms with Crippen LogP contribution in [0, 0.1) is 0 Å². The zero-order valence-electron chi connectivity index (χ0n) is 18.9. The van der Waals surface area contributed by atoms with Crippen molar-refractivity contribution in [2.75, 3.05) is 22.1 Å². The molecule has 3 aromatic heterocycles. The van der Waals surface area contributed by atoms with Gasteiger partial charge in [0.15, 0.2) is 5.82 Å². The number of carbonyl (C=O) groups is 1. The SMILES string of the molecule is CC(C)c1cc(Nc2nc(N3CCCC3C(=O)Nc3ccc[n+](O)c3)nc3c2CCC3)n[nH]1. The molecule has 1 aliphatic carbocycles. The molecule has 0 aromatic carbocycles. The molecular formula is C23H29N8O2+. The minimum absolute atomic E-state index is 0.133. The number of aromatic nitrogens is 5. The van der Waals surface area contributed by atoms with Crippen molar-refractivity contribution in [3.05, 3.63) is 47.5 Å². The number of nitrogens with zero attached hydrogens (tertiary/aromatic N) is 5. The number of carbonyl (C=O) groups excluding carboxylic acids is 1. The van der Waals surface area contributed by atoms with Crippen LogP contribution in [0.2, 0.25) is 0 Å². The lowest BCUT2D eigenvalue weighted by molar-refractivity contribution is -0.904. The van der Waals surface area contributed by atoms with Crippen LogP contribution in [-0.4, -0.2) is 43.9 Å². The smallest absolute Gasteiger partial charge is 0.247 e. The van der Waals surface area contributed by atoms with Gasteiger partial charge in [-0.1, -0.05) is 13.8 Å². The molecule has 1 atom stereocenters. The van der Waals surface area contributed by atoms with Crippen LogP contribution >= 0.6 is 0 Å². The van der Waals surface area contributed by atoms with Gasteiger partial charge < -0.3 is 15.5 Å². The highest BCUT2D eigenvalue weighted by Crippen LogP contribution is 2.33. The maximum absolute atomic E-state index is 13.1. The van der Waals surface area contributed by atoms with Crippen LogP contribution in [0.5, 0.6) is 0 Å². The summed E-state index contributed by atoms with van der Waals surface area (Å²) in [5, 5.41) is 23.4. The van der Waals surface area contributed by atoms with Crippen LogP contribution in [0.15, 0.2) is 30.6 Å². The van der Waals surface area contributed by atoms with Crippen LogP contribution < -0.4 is 20.3 Å². The molecule has 1 saturated heterocycles. The summed E-state index contributed by atoms with van der Waals surface area (Å²) in [7, 11) is 0. The Balaban J connectivity index is 1.40. The minimum Gasteiger partial charge on any atom is -0.329 e. The lowest BCUT2D eigenvalue weighted by atomic mass is 10.1. The normalized spacial score (nSPS) is 17.4. The predicted octanol–water partition coefficient (Wildman–Crippen LogP) is 2.69. The molecule has 5 rings (SSSR count). The number of amides is 1. The molecule has 1 fully saturated rings. The third-order valence-electron chi connectivity index (χ3n) is 6.25. The molecule has 2 aliphatic rings. The largest absolute Gasteiger partial charge is 0.329 e. The van der Waals surface area contributed by atoms with Gasteiger partial charge in [-0.2, -0.15) is 10.1 Å². The Bertz CT molecular complexity index is 1180. The van der Waals surface area contributed by atoms with Crippen molar-refractivity contribution in [3.63, 3.8) is 0 Å². The number of anilines is 4. The van der Waals surface area contributed by atoms with Crippen LogP contribution in [-0.2, 0) is 17.6 Å². The molecule has 4 heterocycles. The molecule has 10 nitrogen and oxygen atoms in total. The Morgan fingerprint density at radius 2 is 2.18 bits per heavy atom. The highest BCUT2D eigenvalue weighted by molar-refractivity contribution is 5.96. The van der Waals surface area contributed by atoms with Gasteiger partial charge >= 0.3 is 0 Å². The summed E-state index contributed by atoms with van der Waals surface area (Å²) in [4.78, 5) is 24.7. The molecule has 0 radical (unpaired) electrons. The van der Waals surface area contributed by atoms with Gasteiger partial charge in [0.1, 0.15) is 17.5 Å².